The normalized spacial score (nSPS) is 19.7. The summed E-state index contributed by atoms with van der Waals surface area (Å²) in [4.78, 5) is 0. The van der Waals surface area contributed by atoms with E-state index >= 15 is 0 Å². The largest absolute Gasteiger partial charge is 0.428 e. The topological polar surface area (TPSA) is 39.1 Å². The second-order valence-corrected chi connectivity index (χ2v) is 4.62. The predicted octanol–water partition coefficient (Wildman–Crippen LogP) is 1.87. The predicted molar refractivity (Wildman–Crippen MR) is 61.8 cm³/mol. The van der Waals surface area contributed by atoms with Gasteiger partial charge in [-0.05, 0) is 25.1 Å². The second kappa shape index (κ2) is 3.81. The molecule has 1 aliphatic rings. The standard InChI is InChI=1S/C10H15N3OS/c1-6(2)4-13-5-8-9(12-13)7(3)11-10(15)14-8/h5-7H,4H2,1-3H3,(H,11,15). The van der Waals surface area contributed by atoms with E-state index in [0.717, 1.165) is 18.0 Å². The fourth-order valence-electron chi connectivity index (χ4n) is 1.64. The van der Waals surface area contributed by atoms with Crippen LogP contribution in [0.15, 0.2) is 6.20 Å². The lowest BCUT2D eigenvalue weighted by molar-refractivity contribution is 0.460. The van der Waals surface area contributed by atoms with Crippen LogP contribution in [0.25, 0.3) is 0 Å². The van der Waals surface area contributed by atoms with Gasteiger partial charge in [0.25, 0.3) is 5.17 Å². The molecule has 1 atom stereocenters. The molecular formula is C10H15N3OS. The summed E-state index contributed by atoms with van der Waals surface area (Å²) in [5.74, 6) is 1.36. The van der Waals surface area contributed by atoms with E-state index in [1.54, 1.807) is 0 Å². The van der Waals surface area contributed by atoms with Gasteiger partial charge in [0.2, 0.25) is 0 Å². The fraction of sp³-hybridized carbons (Fsp3) is 0.600. The van der Waals surface area contributed by atoms with E-state index in [-0.39, 0.29) is 6.04 Å². The van der Waals surface area contributed by atoms with Crippen LogP contribution in [0.2, 0.25) is 0 Å². The quantitative estimate of drug-likeness (QED) is 0.780. The summed E-state index contributed by atoms with van der Waals surface area (Å²) in [6.07, 6.45) is 1.92. The molecule has 0 bridgehead atoms. The highest BCUT2D eigenvalue weighted by atomic mass is 32.1. The molecule has 0 saturated carbocycles. The first-order valence-electron chi connectivity index (χ1n) is 5.12. The summed E-state index contributed by atoms with van der Waals surface area (Å²) in [6.45, 7) is 7.25. The van der Waals surface area contributed by atoms with Crippen molar-refractivity contribution in [3.63, 3.8) is 0 Å². The van der Waals surface area contributed by atoms with Crippen LogP contribution in [0.3, 0.4) is 0 Å². The maximum absolute atomic E-state index is 5.40. The lowest BCUT2D eigenvalue weighted by atomic mass is 10.2. The van der Waals surface area contributed by atoms with Gasteiger partial charge in [-0.25, -0.2) is 0 Å². The van der Waals surface area contributed by atoms with E-state index in [2.05, 4.69) is 24.3 Å². The van der Waals surface area contributed by atoms with Crippen molar-refractivity contribution in [1.82, 2.24) is 15.1 Å². The van der Waals surface area contributed by atoms with Crippen molar-refractivity contribution < 1.29 is 4.74 Å². The van der Waals surface area contributed by atoms with Crippen LogP contribution in [-0.2, 0) is 6.54 Å². The maximum Gasteiger partial charge on any atom is 0.262 e. The minimum atomic E-state index is 0.134. The molecule has 0 aliphatic carbocycles. The highest BCUT2D eigenvalue weighted by Gasteiger charge is 2.24. The van der Waals surface area contributed by atoms with Gasteiger partial charge >= 0.3 is 0 Å². The van der Waals surface area contributed by atoms with Gasteiger partial charge in [-0.2, -0.15) is 5.10 Å². The third-order valence-electron chi connectivity index (χ3n) is 2.25. The molecule has 0 amide bonds. The Morgan fingerprint density at radius 2 is 2.40 bits per heavy atom. The molecule has 1 aromatic heterocycles. The molecule has 5 heteroatoms. The van der Waals surface area contributed by atoms with Gasteiger partial charge in [0.1, 0.15) is 5.69 Å². The molecule has 2 rings (SSSR count). The van der Waals surface area contributed by atoms with Crippen molar-refractivity contribution in [2.75, 3.05) is 0 Å². The minimum Gasteiger partial charge on any atom is -0.428 e. The fourth-order valence-corrected chi connectivity index (χ4v) is 1.91. The average Bonchev–Trinajstić information content (AvgIpc) is 2.45. The summed E-state index contributed by atoms with van der Waals surface area (Å²) >= 11 is 4.99. The van der Waals surface area contributed by atoms with Crippen LogP contribution < -0.4 is 10.1 Å². The van der Waals surface area contributed by atoms with Crippen LogP contribution in [0, 0.1) is 5.92 Å². The lowest BCUT2D eigenvalue weighted by Crippen LogP contribution is -2.33. The third-order valence-corrected chi connectivity index (χ3v) is 2.46. The molecule has 82 valence electrons. The van der Waals surface area contributed by atoms with Crippen LogP contribution >= 0.6 is 12.2 Å². The zero-order chi connectivity index (χ0) is 11.0. The molecule has 0 aromatic carbocycles. The number of hydrogen-bond donors (Lipinski definition) is 1. The zero-order valence-corrected chi connectivity index (χ0v) is 9.97. The van der Waals surface area contributed by atoms with Gasteiger partial charge in [-0.3, -0.25) is 4.68 Å². The smallest absolute Gasteiger partial charge is 0.262 e. The Morgan fingerprint density at radius 3 is 3.07 bits per heavy atom. The summed E-state index contributed by atoms with van der Waals surface area (Å²) in [7, 11) is 0. The molecule has 2 heterocycles. The molecule has 0 fully saturated rings. The SMILES string of the molecule is CC(C)Cn1cc2c(n1)C(C)NC(=S)O2. The summed E-state index contributed by atoms with van der Waals surface area (Å²) < 4.78 is 7.32. The van der Waals surface area contributed by atoms with E-state index in [4.69, 9.17) is 17.0 Å². The van der Waals surface area contributed by atoms with E-state index < -0.39 is 0 Å². The lowest BCUT2D eigenvalue weighted by Gasteiger charge is -2.20. The first-order valence-corrected chi connectivity index (χ1v) is 5.52. The van der Waals surface area contributed by atoms with Gasteiger partial charge in [0, 0.05) is 6.54 Å². The van der Waals surface area contributed by atoms with Crippen molar-refractivity contribution in [3.05, 3.63) is 11.9 Å². The van der Waals surface area contributed by atoms with Gasteiger partial charge in [-0.15, -0.1) is 0 Å². The van der Waals surface area contributed by atoms with Gasteiger partial charge in [0.15, 0.2) is 5.75 Å². The molecular weight excluding hydrogens is 210 g/mol. The van der Waals surface area contributed by atoms with Crippen molar-refractivity contribution >= 4 is 17.4 Å². The molecule has 1 unspecified atom stereocenters. The van der Waals surface area contributed by atoms with E-state index in [9.17, 15) is 0 Å². The van der Waals surface area contributed by atoms with Crippen molar-refractivity contribution in [3.8, 4) is 5.75 Å². The molecule has 4 nitrogen and oxygen atoms in total. The summed E-state index contributed by atoms with van der Waals surface area (Å²) in [5.41, 5.74) is 0.934. The molecule has 0 saturated heterocycles. The van der Waals surface area contributed by atoms with Crippen LogP contribution in [-0.4, -0.2) is 15.0 Å². The molecule has 0 spiro atoms. The van der Waals surface area contributed by atoms with Crippen LogP contribution in [0.4, 0.5) is 0 Å². The van der Waals surface area contributed by atoms with Crippen molar-refractivity contribution in [1.29, 1.82) is 0 Å². The van der Waals surface area contributed by atoms with Crippen LogP contribution in [0.5, 0.6) is 5.75 Å². The highest BCUT2D eigenvalue weighted by Crippen LogP contribution is 2.27. The molecule has 1 N–H and O–H groups in total. The first-order chi connectivity index (χ1) is 7.06. The summed E-state index contributed by atoms with van der Waals surface area (Å²) in [5, 5.41) is 7.94. The maximum atomic E-state index is 5.40. The number of hydrogen-bond acceptors (Lipinski definition) is 3. The molecule has 15 heavy (non-hydrogen) atoms. The Hall–Kier alpha value is -1.10. The van der Waals surface area contributed by atoms with Crippen molar-refractivity contribution in [2.45, 2.75) is 33.4 Å². The minimum absolute atomic E-state index is 0.134. The Bertz CT molecular complexity index is 386. The van der Waals surface area contributed by atoms with Gasteiger partial charge in [0.05, 0.1) is 12.2 Å². The Balaban J connectivity index is 2.26. The summed E-state index contributed by atoms with van der Waals surface area (Å²) in [6, 6.07) is 0.134. The number of fused-ring (bicyclic) bond motifs is 1. The monoisotopic (exact) mass is 225 g/mol. The molecule has 1 aliphatic heterocycles. The number of thiocarbonyl (C=S) groups is 1. The first kappa shape index (κ1) is 10.4. The Morgan fingerprint density at radius 1 is 1.67 bits per heavy atom. The van der Waals surface area contributed by atoms with E-state index in [0.29, 0.717) is 11.1 Å². The second-order valence-electron chi connectivity index (χ2n) is 4.25. The average molecular weight is 225 g/mol. The Labute approximate surface area is 94.6 Å². The van der Waals surface area contributed by atoms with E-state index in [1.165, 1.54) is 0 Å². The van der Waals surface area contributed by atoms with E-state index in [1.807, 2.05) is 17.8 Å². The van der Waals surface area contributed by atoms with Crippen molar-refractivity contribution in [2.24, 2.45) is 5.92 Å². The number of ether oxygens (including phenoxy) is 1. The molecule has 1 aromatic rings. The zero-order valence-electron chi connectivity index (χ0n) is 9.15. The number of nitrogens with one attached hydrogen (secondary N) is 1. The van der Waals surface area contributed by atoms with Gasteiger partial charge < -0.3 is 10.1 Å². The number of aromatic nitrogens is 2. The van der Waals surface area contributed by atoms with Crippen LogP contribution in [0.1, 0.15) is 32.5 Å². The third kappa shape index (κ3) is 2.12. The molecule has 0 radical (unpaired) electrons. The van der Waals surface area contributed by atoms with Gasteiger partial charge in [-0.1, -0.05) is 13.8 Å². The number of nitrogens with zero attached hydrogens (tertiary/aromatic N) is 2. The number of rotatable bonds is 2. The highest BCUT2D eigenvalue weighted by molar-refractivity contribution is 7.80. The Kier molecular flexibility index (Phi) is 2.65.